The minimum Gasteiger partial charge on any atom is -0.506 e. The Morgan fingerprint density at radius 2 is 1.77 bits per heavy atom. The maximum Gasteiger partial charge on any atom is 0.320 e. The smallest absolute Gasteiger partial charge is 0.320 e. The topological polar surface area (TPSA) is 80.4 Å². The summed E-state index contributed by atoms with van der Waals surface area (Å²) >= 11 is 0. The molecule has 1 aromatic heterocycles. The predicted molar refractivity (Wildman–Crippen MR) is 81.3 cm³/mol. The van der Waals surface area contributed by atoms with E-state index in [0.717, 1.165) is 5.75 Å². The number of nitrogens with one attached hydrogen (secondary N) is 1. The summed E-state index contributed by atoms with van der Waals surface area (Å²) in [6.07, 6.45) is 0.504. The lowest BCUT2D eigenvalue weighted by atomic mass is 10.3. The van der Waals surface area contributed by atoms with Crippen molar-refractivity contribution in [1.82, 2.24) is 10.2 Å². The Balaban J connectivity index is 1.54. The molecule has 0 bridgehead atoms. The van der Waals surface area contributed by atoms with Crippen LogP contribution in [0.25, 0.3) is 0 Å². The third-order valence-electron chi connectivity index (χ3n) is 2.94. The van der Waals surface area contributed by atoms with Crippen LogP contribution in [0.2, 0.25) is 0 Å². The molecule has 0 amide bonds. The Labute approximate surface area is 127 Å². The van der Waals surface area contributed by atoms with Crippen molar-refractivity contribution < 1.29 is 14.3 Å². The van der Waals surface area contributed by atoms with Crippen molar-refractivity contribution in [2.75, 3.05) is 11.9 Å². The summed E-state index contributed by atoms with van der Waals surface area (Å²) in [5.41, 5.74) is 0.512. The van der Waals surface area contributed by atoms with Crippen LogP contribution < -0.4 is 10.1 Å². The molecule has 6 heteroatoms. The third-order valence-corrected chi connectivity index (χ3v) is 2.94. The van der Waals surface area contributed by atoms with Gasteiger partial charge in [-0.2, -0.15) is 0 Å². The van der Waals surface area contributed by atoms with Gasteiger partial charge in [-0.25, -0.2) is 0 Å². The van der Waals surface area contributed by atoms with Crippen LogP contribution in [-0.2, 0) is 6.42 Å². The van der Waals surface area contributed by atoms with Gasteiger partial charge in [0, 0.05) is 0 Å². The summed E-state index contributed by atoms with van der Waals surface area (Å²) in [5.74, 6) is 1.39. The fourth-order valence-electron chi connectivity index (χ4n) is 1.87. The van der Waals surface area contributed by atoms with Gasteiger partial charge in [-0.1, -0.05) is 35.4 Å². The molecule has 3 rings (SSSR count). The zero-order valence-corrected chi connectivity index (χ0v) is 11.8. The quantitative estimate of drug-likeness (QED) is 0.680. The van der Waals surface area contributed by atoms with Gasteiger partial charge >= 0.3 is 6.01 Å². The molecule has 0 unspecified atom stereocenters. The van der Waals surface area contributed by atoms with E-state index in [9.17, 15) is 5.11 Å². The molecule has 0 aliphatic carbocycles. The number of para-hydroxylation sites is 3. The van der Waals surface area contributed by atoms with E-state index in [1.165, 1.54) is 0 Å². The van der Waals surface area contributed by atoms with Crippen LogP contribution in [-0.4, -0.2) is 21.9 Å². The van der Waals surface area contributed by atoms with Crippen molar-refractivity contribution in [3.63, 3.8) is 0 Å². The zero-order chi connectivity index (χ0) is 15.2. The first-order valence-electron chi connectivity index (χ1n) is 6.86. The fourth-order valence-corrected chi connectivity index (χ4v) is 1.87. The average Bonchev–Trinajstić information content (AvgIpc) is 2.98. The molecule has 0 saturated carbocycles. The molecule has 0 spiro atoms. The molecule has 0 aliphatic rings. The summed E-state index contributed by atoms with van der Waals surface area (Å²) in [5, 5.41) is 20.4. The van der Waals surface area contributed by atoms with Crippen LogP contribution in [0.4, 0.5) is 11.7 Å². The second kappa shape index (κ2) is 6.62. The van der Waals surface area contributed by atoms with Gasteiger partial charge in [0.2, 0.25) is 5.89 Å². The molecule has 0 fully saturated rings. The third kappa shape index (κ3) is 3.54. The Kier molecular flexibility index (Phi) is 4.20. The molecule has 6 nitrogen and oxygen atoms in total. The number of ether oxygens (including phenoxy) is 1. The van der Waals surface area contributed by atoms with E-state index in [1.807, 2.05) is 30.3 Å². The largest absolute Gasteiger partial charge is 0.506 e. The first-order chi connectivity index (χ1) is 10.8. The van der Waals surface area contributed by atoms with Gasteiger partial charge < -0.3 is 19.6 Å². The van der Waals surface area contributed by atoms with Crippen molar-refractivity contribution >= 4 is 11.7 Å². The fraction of sp³-hybridized carbons (Fsp3) is 0.125. The van der Waals surface area contributed by atoms with Gasteiger partial charge in [0.15, 0.2) is 0 Å². The lowest BCUT2D eigenvalue weighted by Crippen LogP contribution is -2.01. The minimum absolute atomic E-state index is 0.120. The maximum atomic E-state index is 9.67. The Morgan fingerprint density at radius 3 is 2.59 bits per heavy atom. The molecular weight excluding hydrogens is 282 g/mol. The van der Waals surface area contributed by atoms with Crippen LogP contribution in [0.15, 0.2) is 59.0 Å². The molecule has 2 N–H and O–H groups in total. The van der Waals surface area contributed by atoms with Gasteiger partial charge in [0.1, 0.15) is 11.5 Å². The van der Waals surface area contributed by atoms with Gasteiger partial charge in [-0.3, -0.25) is 0 Å². The molecule has 112 valence electrons. The highest BCUT2D eigenvalue weighted by molar-refractivity contribution is 5.60. The van der Waals surface area contributed by atoms with Crippen LogP contribution in [0.3, 0.4) is 0 Å². The summed E-state index contributed by atoms with van der Waals surface area (Å²) in [7, 11) is 0. The van der Waals surface area contributed by atoms with Crippen molar-refractivity contribution in [3.8, 4) is 11.5 Å². The number of nitrogens with zero attached hydrogens (tertiary/aromatic N) is 2. The Hall–Kier alpha value is -3.02. The number of hydrogen-bond acceptors (Lipinski definition) is 6. The van der Waals surface area contributed by atoms with Gasteiger partial charge in [0.05, 0.1) is 18.7 Å². The lowest BCUT2D eigenvalue weighted by Gasteiger charge is -2.03. The van der Waals surface area contributed by atoms with Crippen LogP contribution >= 0.6 is 0 Å². The lowest BCUT2D eigenvalue weighted by molar-refractivity contribution is 0.307. The zero-order valence-electron chi connectivity index (χ0n) is 11.8. The van der Waals surface area contributed by atoms with Gasteiger partial charge in [0.25, 0.3) is 0 Å². The minimum atomic E-state index is 0.120. The number of anilines is 2. The van der Waals surface area contributed by atoms with Crippen molar-refractivity contribution in [2.45, 2.75) is 6.42 Å². The number of benzene rings is 2. The summed E-state index contributed by atoms with van der Waals surface area (Å²) in [4.78, 5) is 0. The molecule has 1 heterocycles. The molecule has 0 aliphatic heterocycles. The monoisotopic (exact) mass is 297 g/mol. The van der Waals surface area contributed by atoms with Gasteiger partial charge in [-0.15, -0.1) is 5.10 Å². The van der Waals surface area contributed by atoms with E-state index < -0.39 is 0 Å². The molecule has 0 atom stereocenters. The van der Waals surface area contributed by atoms with E-state index in [1.54, 1.807) is 24.3 Å². The van der Waals surface area contributed by atoms with Gasteiger partial charge in [-0.05, 0) is 24.3 Å². The molecule has 0 radical (unpaired) electrons. The first-order valence-corrected chi connectivity index (χ1v) is 6.86. The van der Waals surface area contributed by atoms with E-state index in [2.05, 4.69) is 15.5 Å². The van der Waals surface area contributed by atoms with Crippen molar-refractivity contribution in [3.05, 3.63) is 60.5 Å². The number of phenolic OH excluding ortho intramolecular Hbond substituents is 1. The molecule has 3 aromatic rings. The SMILES string of the molecule is Oc1ccccc1Nc1nnc(CCOc2ccccc2)o1. The van der Waals surface area contributed by atoms with Crippen LogP contribution in [0.5, 0.6) is 11.5 Å². The van der Waals surface area contributed by atoms with Crippen molar-refractivity contribution in [2.24, 2.45) is 0 Å². The number of phenols is 1. The predicted octanol–water partition coefficient (Wildman–Crippen LogP) is 3.14. The Bertz CT molecular complexity index is 728. The van der Waals surface area contributed by atoms with E-state index >= 15 is 0 Å². The van der Waals surface area contributed by atoms with E-state index in [4.69, 9.17) is 9.15 Å². The molecular formula is C16H15N3O3. The highest BCUT2D eigenvalue weighted by Gasteiger charge is 2.08. The second-order valence-electron chi connectivity index (χ2n) is 4.55. The summed E-state index contributed by atoms with van der Waals surface area (Å²) in [6.45, 7) is 0.447. The highest BCUT2D eigenvalue weighted by atomic mass is 16.5. The maximum absolute atomic E-state index is 9.67. The van der Waals surface area contributed by atoms with Crippen LogP contribution in [0, 0.1) is 0 Å². The molecule has 2 aromatic carbocycles. The van der Waals surface area contributed by atoms with Crippen molar-refractivity contribution in [1.29, 1.82) is 0 Å². The highest BCUT2D eigenvalue weighted by Crippen LogP contribution is 2.25. The standard InChI is InChI=1S/C16H15N3O3/c20-14-9-5-4-8-13(14)17-16-19-18-15(22-16)10-11-21-12-6-2-1-3-7-12/h1-9,20H,10-11H2,(H,17,19). The first kappa shape index (κ1) is 13.9. The van der Waals surface area contributed by atoms with E-state index in [-0.39, 0.29) is 11.8 Å². The summed E-state index contributed by atoms with van der Waals surface area (Å²) < 4.78 is 11.0. The van der Waals surface area contributed by atoms with Crippen LogP contribution in [0.1, 0.15) is 5.89 Å². The number of hydrogen-bond donors (Lipinski definition) is 2. The number of rotatable bonds is 6. The summed E-state index contributed by atoms with van der Waals surface area (Å²) in [6, 6.07) is 16.6. The molecule has 0 saturated heterocycles. The Morgan fingerprint density at radius 1 is 1.00 bits per heavy atom. The van der Waals surface area contributed by atoms with E-state index in [0.29, 0.717) is 24.6 Å². The number of aromatic hydroxyl groups is 1. The normalized spacial score (nSPS) is 10.4. The molecule has 22 heavy (non-hydrogen) atoms. The number of aromatic nitrogens is 2. The average molecular weight is 297 g/mol. The second-order valence-corrected chi connectivity index (χ2v) is 4.55.